The zero-order valence-corrected chi connectivity index (χ0v) is 17.9. The van der Waals surface area contributed by atoms with Crippen molar-refractivity contribution in [2.75, 3.05) is 17.3 Å². The number of rotatable bonds is 6. The summed E-state index contributed by atoms with van der Waals surface area (Å²) in [5.41, 5.74) is 2.35. The molecule has 2 aromatic rings. The number of hydrogen-bond acceptors (Lipinski definition) is 5. The summed E-state index contributed by atoms with van der Waals surface area (Å²) < 4.78 is 24.2. The zero-order valence-electron chi connectivity index (χ0n) is 15.5. The molecule has 0 bridgehead atoms. The van der Waals surface area contributed by atoms with E-state index in [-0.39, 0.29) is 23.6 Å². The van der Waals surface area contributed by atoms with Gasteiger partial charge in [-0.05, 0) is 30.0 Å². The summed E-state index contributed by atoms with van der Waals surface area (Å²) in [6, 6.07) is 18.0. The Morgan fingerprint density at radius 2 is 1.82 bits per heavy atom. The molecule has 148 valence electrons. The molecule has 7 heteroatoms. The molecule has 0 amide bonds. The van der Waals surface area contributed by atoms with Crippen molar-refractivity contribution in [2.45, 2.75) is 31.5 Å². The number of halogens is 1. The topological polar surface area (TPSA) is 49.7 Å². The van der Waals surface area contributed by atoms with E-state index in [1.54, 1.807) is 11.8 Å². The molecule has 0 N–H and O–H groups in total. The second-order valence-electron chi connectivity index (χ2n) is 7.28. The molecular formula is C21H23ClN2O2S2. The first-order valence-corrected chi connectivity index (χ1v) is 12.7. The van der Waals surface area contributed by atoms with Crippen LogP contribution in [0.25, 0.3) is 0 Å². The highest BCUT2D eigenvalue weighted by Crippen LogP contribution is 2.33. The molecule has 0 unspecified atom stereocenters. The van der Waals surface area contributed by atoms with Crippen LogP contribution in [0.4, 0.5) is 0 Å². The number of hydrogen-bond donors (Lipinski definition) is 0. The van der Waals surface area contributed by atoms with Crippen LogP contribution < -0.4 is 0 Å². The van der Waals surface area contributed by atoms with Crippen LogP contribution in [0.5, 0.6) is 0 Å². The van der Waals surface area contributed by atoms with Gasteiger partial charge < -0.3 is 4.90 Å². The maximum Gasteiger partial charge on any atom is 0.160 e. The Bertz CT molecular complexity index is 963. The summed E-state index contributed by atoms with van der Waals surface area (Å²) in [5.74, 6) is 1.30. The van der Waals surface area contributed by atoms with Crippen molar-refractivity contribution < 1.29 is 8.42 Å². The van der Waals surface area contributed by atoms with Crippen LogP contribution in [0.1, 0.15) is 17.5 Å². The lowest BCUT2D eigenvalue weighted by Crippen LogP contribution is -2.38. The van der Waals surface area contributed by atoms with E-state index in [9.17, 15) is 8.42 Å². The molecule has 2 heterocycles. The Balaban J connectivity index is 1.43. The van der Waals surface area contributed by atoms with Crippen LogP contribution in [0.15, 0.2) is 59.6 Å². The van der Waals surface area contributed by atoms with Gasteiger partial charge in [-0.25, -0.2) is 8.42 Å². The van der Waals surface area contributed by atoms with Crippen molar-refractivity contribution in [3.05, 3.63) is 70.7 Å². The van der Waals surface area contributed by atoms with Crippen LogP contribution in [0.3, 0.4) is 0 Å². The molecule has 0 aromatic heterocycles. The van der Waals surface area contributed by atoms with Gasteiger partial charge in [0.2, 0.25) is 0 Å². The first-order valence-electron chi connectivity index (χ1n) is 9.47. The summed E-state index contributed by atoms with van der Waals surface area (Å²) in [5, 5.41) is 1.66. The predicted molar refractivity (Wildman–Crippen MR) is 118 cm³/mol. The van der Waals surface area contributed by atoms with Gasteiger partial charge in [0.15, 0.2) is 15.0 Å². The Kier molecular flexibility index (Phi) is 5.99. The normalized spacial score (nSPS) is 22.9. The number of thioether (sulfide) groups is 1. The van der Waals surface area contributed by atoms with Gasteiger partial charge in [0.25, 0.3) is 0 Å². The lowest BCUT2D eigenvalue weighted by molar-refractivity contribution is 0.343. The van der Waals surface area contributed by atoms with Gasteiger partial charge in [-0.15, -0.1) is 0 Å². The van der Waals surface area contributed by atoms with E-state index in [1.807, 2.05) is 30.3 Å². The second-order valence-corrected chi connectivity index (χ2v) is 10.9. The number of fused-ring (bicyclic) bond motifs is 1. The summed E-state index contributed by atoms with van der Waals surface area (Å²) in [6.07, 6.45) is 2.09. The van der Waals surface area contributed by atoms with Gasteiger partial charge in [-0.2, -0.15) is 0 Å². The van der Waals surface area contributed by atoms with Crippen LogP contribution in [0.2, 0.25) is 5.02 Å². The highest BCUT2D eigenvalue weighted by Gasteiger charge is 2.46. The van der Waals surface area contributed by atoms with Crippen molar-refractivity contribution in [1.82, 2.24) is 4.90 Å². The molecule has 2 aliphatic heterocycles. The molecule has 2 atom stereocenters. The highest BCUT2D eigenvalue weighted by molar-refractivity contribution is 8.13. The highest BCUT2D eigenvalue weighted by atomic mass is 35.5. The van der Waals surface area contributed by atoms with Gasteiger partial charge in [0, 0.05) is 17.3 Å². The summed E-state index contributed by atoms with van der Waals surface area (Å²) in [7, 11) is -3.02. The molecule has 2 aromatic carbocycles. The van der Waals surface area contributed by atoms with E-state index in [0.29, 0.717) is 11.6 Å². The number of aryl methyl sites for hydroxylation is 1. The fourth-order valence-corrected chi connectivity index (χ4v) is 6.91. The minimum atomic E-state index is -3.02. The molecule has 28 heavy (non-hydrogen) atoms. The molecule has 0 spiro atoms. The van der Waals surface area contributed by atoms with E-state index in [2.05, 4.69) is 29.2 Å². The zero-order chi connectivity index (χ0) is 19.6. The second kappa shape index (κ2) is 8.47. The molecule has 1 fully saturated rings. The fourth-order valence-electron chi connectivity index (χ4n) is 3.79. The molecule has 2 aliphatic rings. The maximum absolute atomic E-state index is 12.1. The van der Waals surface area contributed by atoms with Gasteiger partial charge in [-0.1, -0.05) is 71.9 Å². The third-order valence-electron chi connectivity index (χ3n) is 5.20. The third kappa shape index (κ3) is 4.56. The average molecular weight is 435 g/mol. The number of benzene rings is 2. The molecule has 1 saturated heterocycles. The standard InChI is InChI=1S/C21H23ClN2O2S2/c22-18-11-5-4-10-17(18)13-24-20-15-28(25,26)14-19(20)23-21(24)27-12-6-9-16-7-2-1-3-8-16/h1-5,7-8,10-11,19-20H,6,9,12-15H2/t19-,20+/m1/s1. The molecule has 0 radical (unpaired) electrons. The quantitative estimate of drug-likeness (QED) is 0.644. The van der Waals surface area contributed by atoms with Crippen LogP contribution in [0, 0.1) is 0 Å². The number of amidine groups is 1. The number of sulfone groups is 1. The van der Waals surface area contributed by atoms with Crippen molar-refractivity contribution >= 4 is 38.4 Å². The summed E-state index contributed by atoms with van der Waals surface area (Å²) >= 11 is 8.08. The van der Waals surface area contributed by atoms with Crippen LogP contribution >= 0.6 is 23.4 Å². The molecule has 0 aliphatic carbocycles. The van der Waals surface area contributed by atoms with Crippen molar-refractivity contribution in [3.8, 4) is 0 Å². The Morgan fingerprint density at radius 1 is 1.07 bits per heavy atom. The first-order chi connectivity index (χ1) is 13.5. The summed E-state index contributed by atoms with van der Waals surface area (Å²) in [6.45, 7) is 0.598. The Hall–Kier alpha value is -1.50. The van der Waals surface area contributed by atoms with E-state index in [1.165, 1.54) is 5.56 Å². The van der Waals surface area contributed by atoms with Crippen molar-refractivity contribution in [3.63, 3.8) is 0 Å². The molecular weight excluding hydrogens is 412 g/mol. The van der Waals surface area contributed by atoms with Crippen LogP contribution in [-0.2, 0) is 22.8 Å². The van der Waals surface area contributed by atoms with Crippen molar-refractivity contribution in [2.24, 2.45) is 4.99 Å². The fraction of sp³-hybridized carbons (Fsp3) is 0.381. The molecule has 4 nitrogen and oxygen atoms in total. The van der Waals surface area contributed by atoms with E-state index in [4.69, 9.17) is 16.6 Å². The Morgan fingerprint density at radius 3 is 2.61 bits per heavy atom. The smallest absolute Gasteiger partial charge is 0.160 e. The van der Waals surface area contributed by atoms with E-state index >= 15 is 0 Å². The largest absolute Gasteiger partial charge is 0.341 e. The van der Waals surface area contributed by atoms with Gasteiger partial charge in [0.1, 0.15) is 0 Å². The van der Waals surface area contributed by atoms with Gasteiger partial charge in [-0.3, -0.25) is 4.99 Å². The minimum absolute atomic E-state index is 0.0714. The number of aliphatic imine (C=N–C) groups is 1. The Labute approximate surface area is 175 Å². The monoisotopic (exact) mass is 434 g/mol. The van der Waals surface area contributed by atoms with E-state index < -0.39 is 9.84 Å². The van der Waals surface area contributed by atoms with Crippen molar-refractivity contribution in [1.29, 1.82) is 0 Å². The number of nitrogens with zero attached hydrogens (tertiary/aromatic N) is 2. The van der Waals surface area contributed by atoms with E-state index in [0.717, 1.165) is 29.3 Å². The lowest BCUT2D eigenvalue weighted by Gasteiger charge is -2.27. The predicted octanol–water partition coefficient (Wildman–Crippen LogP) is 4.04. The lowest BCUT2D eigenvalue weighted by atomic mass is 10.1. The molecule has 4 rings (SSSR count). The van der Waals surface area contributed by atoms with Gasteiger partial charge >= 0.3 is 0 Å². The van der Waals surface area contributed by atoms with Gasteiger partial charge in [0.05, 0.1) is 23.6 Å². The third-order valence-corrected chi connectivity index (χ3v) is 8.36. The summed E-state index contributed by atoms with van der Waals surface area (Å²) in [4.78, 5) is 6.94. The van der Waals surface area contributed by atoms with Crippen LogP contribution in [-0.4, -0.2) is 47.8 Å². The molecule has 0 saturated carbocycles. The minimum Gasteiger partial charge on any atom is -0.341 e. The average Bonchev–Trinajstić information content (AvgIpc) is 3.13. The maximum atomic E-state index is 12.1. The first kappa shape index (κ1) is 19.8. The SMILES string of the molecule is O=S1(=O)C[C@H]2N=C(SCCCc3ccccc3)N(Cc3ccccc3Cl)[C@H]2C1.